The van der Waals surface area contributed by atoms with Crippen LogP contribution < -0.4 is 26.6 Å². The van der Waals surface area contributed by atoms with E-state index in [1.54, 1.807) is 4.90 Å². The van der Waals surface area contributed by atoms with Crippen molar-refractivity contribution in [2.45, 2.75) is 68.3 Å². The summed E-state index contributed by atoms with van der Waals surface area (Å²) in [4.78, 5) is 12.4. The molecule has 1 unspecified atom stereocenters. The van der Waals surface area contributed by atoms with Gasteiger partial charge in [0, 0.05) is 18.5 Å². The van der Waals surface area contributed by atoms with Crippen LogP contribution in [0, 0.1) is 5.92 Å². The molecule has 0 spiro atoms. The van der Waals surface area contributed by atoms with Crippen LogP contribution in [0.2, 0.25) is 0 Å². The fourth-order valence-electron chi connectivity index (χ4n) is 6.54. The Balaban J connectivity index is 0.868. The van der Waals surface area contributed by atoms with E-state index in [1.165, 1.54) is 29.7 Å². The highest BCUT2D eigenvalue weighted by atomic mass is 16.6. The number of likely N-dealkylation sites (N-methyl/N-ethyl adjacent to an activating group) is 1. The fraction of sp³-hybridized carbons (Fsp3) is 0.630. The van der Waals surface area contributed by atoms with E-state index < -0.39 is 24.5 Å². The van der Waals surface area contributed by atoms with Crippen LogP contribution in [-0.4, -0.2) is 95.3 Å². The van der Waals surface area contributed by atoms with Gasteiger partial charge in [0.2, 0.25) is 0 Å². The van der Waals surface area contributed by atoms with Gasteiger partial charge in [-0.05, 0) is 56.3 Å². The molecule has 0 amide bonds. The van der Waals surface area contributed by atoms with E-state index in [4.69, 9.17) is 15.2 Å². The average molecular weight is 539 g/mol. The number of fused-ring (bicyclic) bond motifs is 2. The third-order valence-electron chi connectivity index (χ3n) is 9.18. The molecule has 7 rings (SSSR count). The Bertz CT molecular complexity index is 1210. The molecule has 1 aromatic heterocycles. The number of hydrogen-bond acceptors (Lipinski definition) is 12. The van der Waals surface area contributed by atoms with E-state index in [-0.39, 0.29) is 6.17 Å². The molecule has 5 heterocycles. The number of ether oxygens (including phenoxy) is 2. The lowest BCUT2D eigenvalue weighted by atomic mass is 9.76. The van der Waals surface area contributed by atoms with Crippen molar-refractivity contribution in [3.63, 3.8) is 0 Å². The molecule has 1 saturated carbocycles. The molecule has 0 bridgehead atoms. The molecule has 5 aliphatic rings. The van der Waals surface area contributed by atoms with Gasteiger partial charge in [-0.15, -0.1) is 0 Å². The molecular formula is C27H38N8O4. The molecular weight excluding hydrogens is 500 g/mol. The second-order valence-electron chi connectivity index (χ2n) is 11.7. The lowest BCUT2D eigenvalue weighted by Crippen LogP contribution is -2.48. The summed E-state index contributed by atoms with van der Waals surface area (Å²) in [7, 11) is 2.08. The maximum atomic E-state index is 10.8. The number of nitrogens with zero attached hydrogens (tertiary/aromatic N) is 4. The molecule has 39 heavy (non-hydrogen) atoms. The zero-order valence-corrected chi connectivity index (χ0v) is 22.2. The van der Waals surface area contributed by atoms with Gasteiger partial charge in [0.05, 0.1) is 37.4 Å². The van der Waals surface area contributed by atoms with E-state index >= 15 is 0 Å². The van der Waals surface area contributed by atoms with E-state index in [0.717, 1.165) is 32.5 Å². The second-order valence-corrected chi connectivity index (χ2v) is 11.7. The lowest BCUT2D eigenvalue weighted by molar-refractivity contribution is -0.0259. The first kappa shape index (κ1) is 25.1. The van der Waals surface area contributed by atoms with Gasteiger partial charge in [0.25, 0.3) is 0 Å². The largest absolute Gasteiger partial charge is 0.387 e. The topological polar surface area (TPSA) is 153 Å². The first-order valence-corrected chi connectivity index (χ1v) is 14.0. The van der Waals surface area contributed by atoms with E-state index in [0.29, 0.717) is 48.4 Å². The number of nitrogen functional groups attached to an aromatic ring is 1. The Morgan fingerprint density at radius 1 is 1.10 bits per heavy atom. The number of benzene rings is 1. The Kier molecular flexibility index (Phi) is 6.39. The van der Waals surface area contributed by atoms with Crippen LogP contribution in [0.1, 0.15) is 37.2 Å². The summed E-state index contributed by atoms with van der Waals surface area (Å²) in [5.41, 5.74) is 10.3. The van der Waals surface area contributed by atoms with Crippen LogP contribution in [0.3, 0.4) is 0 Å². The van der Waals surface area contributed by atoms with Crippen molar-refractivity contribution >= 4 is 28.7 Å². The zero-order chi connectivity index (χ0) is 26.7. The molecule has 4 aliphatic heterocycles. The van der Waals surface area contributed by atoms with Gasteiger partial charge in [-0.3, -0.25) is 0 Å². The predicted octanol–water partition coefficient (Wildman–Crippen LogP) is 1.16. The highest BCUT2D eigenvalue weighted by molar-refractivity contribution is 5.80. The standard InChI is InChI=1S/C27H38N8O4/c1-34(9-20-23(36)24(37)27(39-20)35-13-31-22-25(28)29-12-30-26(22)35)17-6-14(7-17)2-5-21-32-18-4-3-15(8-19(18)33-21)16-10-38-11-16/h3-4,8,12,14,16-17,20-21,23-24,27,31-33,36-37H,2,5-7,9-11,13H2,1H3,(H2,28,29,30)/t14-,17+,20-,21?,23-,24-,27+/m1/s1. The van der Waals surface area contributed by atoms with Crippen molar-refractivity contribution in [2.75, 3.05) is 60.1 Å². The summed E-state index contributed by atoms with van der Waals surface area (Å²) >= 11 is 0. The van der Waals surface area contributed by atoms with Gasteiger partial charge in [0.1, 0.15) is 30.3 Å². The van der Waals surface area contributed by atoms with Gasteiger partial charge in [-0.1, -0.05) is 6.07 Å². The van der Waals surface area contributed by atoms with Crippen LogP contribution in [-0.2, 0) is 9.47 Å². The number of aliphatic hydroxyl groups excluding tert-OH is 2. The number of aromatic nitrogens is 2. The first-order valence-electron chi connectivity index (χ1n) is 14.0. The van der Waals surface area contributed by atoms with E-state index in [1.807, 2.05) is 0 Å². The van der Waals surface area contributed by atoms with E-state index in [2.05, 4.69) is 56.1 Å². The van der Waals surface area contributed by atoms with Crippen molar-refractivity contribution < 1.29 is 19.7 Å². The summed E-state index contributed by atoms with van der Waals surface area (Å²) in [5, 5.41) is 32.0. The minimum Gasteiger partial charge on any atom is -0.387 e. The Hall–Kier alpha value is -2.90. The van der Waals surface area contributed by atoms with Gasteiger partial charge in [-0.2, -0.15) is 0 Å². The molecule has 5 atom stereocenters. The van der Waals surface area contributed by atoms with Gasteiger partial charge >= 0.3 is 0 Å². The number of hydrogen-bond donors (Lipinski definition) is 6. The average Bonchev–Trinajstić information content (AvgIpc) is 3.54. The molecule has 2 aromatic rings. The summed E-state index contributed by atoms with van der Waals surface area (Å²) in [6.07, 6.45) is 2.97. The number of anilines is 5. The molecule has 12 nitrogen and oxygen atoms in total. The first-order chi connectivity index (χ1) is 18.9. The fourth-order valence-corrected chi connectivity index (χ4v) is 6.54. The van der Waals surface area contributed by atoms with Crippen LogP contribution >= 0.6 is 0 Å². The number of nitrogens with one attached hydrogen (secondary N) is 3. The molecule has 2 saturated heterocycles. The lowest BCUT2D eigenvalue weighted by Gasteiger charge is -2.42. The van der Waals surface area contributed by atoms with Gasteiger partial charge in [0.15, 0.2) is 17.9 Å². The number of aliphatic hydroxyl groups is 2. The minimum atomic E-state index is -1.05. The molecule has 1 aromatic carbocycles. The SMILES string of the molecule is CN(C[C@H]1O[C@H](N2CNc3c(N)ncnc32)[C@H](O)[C@@H]1O)[C@H]1C[C@@H](CCC2Nc3ccc(C4COC4)cc3N2)C1. The third-order valence-corrected chi connectivity index (χ3v) is 9.18. The quantitative estimate of drug-likeness (QED) is 0.286. The van der Waals surface area contributed by atoms with Crippen molar-refractivity contribution in [2.24, 2.45) is 5.92 Å². The van der Waals surface area contributed by atoms with Gasteiger partial charge in [-0.25, -0.2) is 9.97 Å². The minimum absolute atomic E-state index is 0.274. The highest BCUT2D eigenvalue weighted by Crippen LogP contribution is 2.40. The molecule has 7 N–H and O–H groups in total. The summed E-state index contributed by atoms with van der Waals surface area (Å²) in [5.74, 6) is 2.16. The monoisotopic (exact) mass is 538 g/mol. The van der Waals surface area contributed by atoms with Crippen LogP contribution in [0.5, 0.6) is 0 Å². The Morgan fingerprint density at radius 2 is 1.92 bits per heavy atom. The van der Waals surface area contributed by atoms with Crippen LogP contribution in [0.4, 0.5) is 28.7 Å². The van der Waals surface area contributed by atoms with Gasteiger partial charge < -0.3 is 51.2 Å². The predicted molar refractivity (Wildman–Crippen MR) is 147 cm³/mol. The molecule has 3 fully saturated rings. The van der Waals surface area contributed by atoms with Crippen LogP contribution in [0.25, 0.3) is 0 Å². The molecule has 1 aliphatic carbocycles. The van der Waals surface area contributed by atoms with Crippen molar-refractivity contribution in [3.8, 4) is 0 Å². The normalized spacial score (nSPS) is 33.1. The molecule has 210 valence electrons. The third kappa shape index (κ3) is 4.53. The molecule has 12 heteroatoms. The summed E-state index contributed by atoms with van der Waals surface area (Å²) in [6.45, 7) is 2.60. The Labute approximate surface area is 227 Å². The zero-order valence-electron chi connectivity index (χ0n) is 22.2. The maximum absolute atomic E-state index is 10.8. The van der Waals surface area contributed by atoms with Crippen LogP contribution in [0.15, 0.2) is 24.5 Å². The summed E-state index contributed by atoms with van der Waals surface area (Å²) < 4.78 is 11.5. The summed E-state index contributed by atoms with van der Waals surface area (Å²) in [6, 6.07) is 7.13. The number of nitrogens with two attached hydrogens (primary N) is 1. The van der Waals surface area contributed by atoms with Crippen molar-refractivity contribution in [3.05, 3.63) is 30.1 Å². The van der Waals surface area contributed by atoms with Crippen molar-refractivity contribution in [1.82, 2.24) is 14.9 Å². The molecule has 0 radical (unpaired) electrons. The Morgan fingerprint density at radius 3 is 2.72 bits per heavy atom. The highest BCUT2D eigenvalue weighted by Gasteiger charge is 2.48. The maximum Gasteiger partial charge on any atom is 0.162 e. The second kappa shape index (κ2) is 9.93. The van der Waals surface area contributed by atoms with E-state index in [9.17, 15) is 10.2 Å². The number of rotatable bonds is 8. The smallest absolute Gasteiger partial charge is 0.162 e. The van der Waals surface area contributed by atoms with Crippen molar-refractivity contribution in [1.29, 1.82) is 0 Å².